The highest BCUT2D eigenvalue weighted by Crippen LogP contribution is 2.39. The second-order valence-electron chi connectivity index (χ2n) is 6.51. The second kappa shape index (κ2) is 8.16. The summed E-state index contributed by atoms with van der Waals surface area (Å²) in [6, 6.07) is 9.23. The van der Waals surface area contributed by atoms with Gasteiger partial charge < -0.3 is 29.9 Å². The number of hydrogen-bond donors (Lipinski definition) is 4. The fraction of sp³-hybridized carbons (Fsp3) is 0.190. The van der Waals surface area contributed by atoms with Crippen molar-refractivity contribution in [2.75, 3.05) is 14.2 Å². The van der Waals surface area contributed by atoms with Crippen LogP contribution in [0.25, 0.3) is 22.0 Å². The molecule has 4 N–H and O–H groups in total. The number of pyridine rings is 1. The van der Waals surface area contributed by atoms with E-state index in [1.807, 2.05) is 12.1 Å². The van der Waals surface area contributed by atoms with Gasteiger partial charge in [-0.05, 0) is 35.2 Å². The lowest BCUT2D eigenvalue weighted by molar-refractivity contribution is -0.686. The van der Waals surface area contributed by atoms with Crippen LogP contribution in [0.4, 0.5) is 0 Å². The van der Waals surface area contributed by atoms with Crippen molar-refractivity contribution < 1.29 is 44.1 Å². The molecule has 0 saturated carbocycles. The molecule has 1 aliphatic heterocycles. The van der Waals surface area contributed by atoms with Gasteiger partial charge in [0.15, 0.2) is 35.7 Å². The molecule has 1 aliphatic rings. The van der Waals surface area contributed by atoms with Crippen molar-refractivity contribution in [3.8, 4) is 34.3 Å². The number of phenolic OH excluding ortho intramolecular Hbond substituents is 2. The number of aliphatic carboxylic acids is 2. The van der Waals surface area contributed by atoms with Crippen LogP contribution in [0.15, 0.2) is 36.5 Å². The molecular weight excluding hydrogens is 394 g/mol. The molecule has 0 amide bonds. The number of aryl methyl sites for hydroxylation is 2. The van der Waals surface area contributed by atoms with Crippen LogP contribution in [-0.2, 0) is 22.6 Å². The lowest BCUT2D eigenvalue weighted by atomic mass is 9.95. The number of nitrogens with zero attached hydrogens (tertiary/aromatic N) is 1. The first kappa shape index (κ1) is 20.7. The van der Waals surface area contributed by atoms with Crippen LogP contribution >= 0.6 is 0 Å². The van der Waals surface area contributed by atoms with Crippen molar-refractivity contribution in [1.29, 1.82) is 0 Å². The number of benzene rings is 2. The molecule has 0 aliphatic carbocycles. The zero-order valence-electron chi connectivity index (χ0n) is 16.2. The van der Waals surface area contributed by atoms with E-state index in [0.717, 1.165) is 40.6 Å². The first-order valence-electron chi connectivity index (χ1n) is 8.86. The molecule has 0 unspecified atom stereocenters. The lowest BCUT2D eigenvalue weighted by Crippen LogP contribution is -2.40. The van der Waals surface area contributed by atoms with Crippen LogP contribution in [-0.4, -0.2) is 46.6 Å². The zero-order valence-corrected chi connectivity index (χ0v) is 16.2. The Balaban J connectivity index is 0.000000377. The molecule has 30 heavy (non-hydrogen) atoms. The molecule has 4 rings (SSSR count). The minimum Gasteiger partial charge on any atom is -0.504 e. The van der Waals surface area contributed by atoms with Gasteiger partial charge in [-0.3, -0.25) is 0 Å². The van der Waals surface area contributed by atoms with E-state index in [2.05, 4.69) is 16.8 Å². The molecule has 1 aromatic heterocycles. The van der Waals surface area contributed by atoms with Crippen LogP contribution in [0.3, 0.4) is 0 Å². The Hall–Kier alpha value is -4.01. The highest BCUT2D eigenvalue weighted by molar-refractivity contribution is 6.27. The van der Waals surface area contributed by atoms with Gasteiger partial charge in [-0.25, -0.2) is 9.59 Å². The van der Waals surface area contributed by atoms with E-state index in [1.165, 1.54) is 0 Å². The maximum absolute atomic E-state index is 9.87. The van der Waals surface area contributed by atoms with E-state index in [1.54, 1.807) is 26.4 Å². The Kier molecular flexibility index (Phi) is 5.63. The monoisotopic (exact) mass is 414 g/mol. The molecule has 156 valence electrons. The number of phenols is 2. The number of ether oxygens (including phenoxy) is 2. The van der Waals surface area contributed by atoms with Gasteiger partial charge in [0.05, 0.1) is 25.2 Å². The fourth-order valence-corrected chi connectivity index (χ4v) is 3.40. The average molecular weight is 414 g/mol. The second-order valence-corrected chi connectivity index (χ2v) is 6.51. The van der Waals surface area contributed by atoms with Gasteiger partial charge in [-0.1, -0.05) is 0 Å². The summed E-state index contributed by atoms with van der Waals surface area (Å²) in [6.07, 6.45) is 2.84. The van der Waals surface area contributed by atoms with E-state index in [4.69, 9.17) is 29.3 Å². The predicted molar refractivity (Wildman–Crippen MR) is 105 cm³/mol. The molecule has 0 saturated heterocycles. The molecule has 0 atom stereocenters. The van der Waals surface area contributed by atoms with Crippen molar-refractivity contribution in [1.82, 2.24) is 0 Å². The third kappa shape index (κ3) is 3.77. The SMILES string of the molecule is COc1ccc2cc3[n+](cc2c1OC)CCc1cc(O)c(O)cc1-3.O=C(O)C(=O)O. The number of hydrogen-bond acceptors (Lipinski definition) is 6. The van der Waals surface area contributed by atoms with E-state index in [-0.39, 0.29) is 11.5 Å². The maximum Gasteiger partial charge on any atom is 0.414 e. The Bertz CT molecular complexity index is 1140. The normalized spacial score (nSPS) is 11.5. The lowest BCUT2D eigenvalue weighted by Gasteiger charge is -2.17. The molecule has 0 spiro atoms. The summed E-state index contributed by atoms with van der Waals surface area (Å²) >= 11 is 0. The number of carbonyl (C=O) groups is 2. The molecule has 2 heterocycles. The highest BCUT2D eigenvalue weighted by Gasteiger charge is 2.26. The number of methoxy groups -OCH3 is 2. The molecule has 3 aromatic rings. The molecular formula is C21H20NO8+. The van der Waals surface area contributed by atoms with E-state index >= 15 is 0 Å². The van der Waals surface area contributed by atoms with Gasteiger partial charge in [-0.15, -0.1) is 0 Å². The summed E-state index contributed by atoms with van der Waals surface area (Å²) in [4.78, 5) is 18.2. The summed E-state index contributed by atoms with van der Waals surface area (Å²) in [5.74, 6) is -2.41. The smallest absolute Gasteiger partial charge is 0.414 e. The molecule has 0 bridgehead atoms. The average Bonchev–Trinajstić information content (AvgIpc) is 2.72. The van der Waals surface area contributed by atoms with E-state index in [0.29, 0.717) is 11.5 Å². The summed E-state index contributed by atoms with van der Waals surface area (Å²) in [7, 11) is 3.26. The Morgan fingerprint density at radius 1 is 0.967 bits per heavy atom. The van der Waals surface area contributed by atoms with Crippen molar-refractivity contribution in [2.24, 2.45) is 0 Å². The van der Waals surface area contributed by atoms with Gasteiger partial charge >= 0.3 is 11.9 Å². The van der Waals surface area contributed by atoms with Crippen molar-refractivity contribution >= 4 is 22.7 Å². The number of carboxylic acid groups (broad SMARTS) is 2. The quantitative estimate of drug-likeness (QED) is 0.284. The molecule has 0 radical (unpaired) electrons. The Labute approximate surface area is 171 Å². The largest absolute Gasteiger partial charge is 0.504 e. The van der Waals surface area contributed by atoms with Gasteiger partial charge in [0.25, 0.3) is 0 Å². The van der Waals surface area contributed by atoms with Crippen molar-refractivity contribution in [3.63, 3.8) is 0 Å². The zero-order chi connectivity index (χ0) is 22.0. The molecule has 2 aromatic carbocycles. The fourth-order valence-electron chi connectivity index (χ4n) is 3.40. The number of rotatable bonds is 2. The number of fused-ring (bicyclic) bond motifs is 4. The summed E-state index contributed by atoms with van der Waals surface area (Å²) in [6.45, 7) is 0.794. The van der Waals surface area contributed by atoms with Gasteiger partial charge in [0, 0.05) is 12.5 Å². The third-order valence-corrected chi connectivity index (χ3v) is 4.79. The van der Waals surface area contributed by atoms with Gasteiger partial charge in [0.2, 0.25) is 5.69 Å². The van der Waals surface area contributed by atoms with E-state index in [9.17, 15) is 10.2 Å². The maximum atomic E-state index is 9.87. The Morgan fingerprint density at radius 2 is 1.63 bits per heavy atom. The first-order chi connectivity index (χ1) is 14.3. The number of aromatic nitrogens is 1. The van der Waals surface area contributed by atoms with Crippen LogP contribution < -0.4 is 14.0 Å². The van der Waals surface area contributed by atoms with Gasteiger partial charge in [-0.2, -0.15) is 4.57 Å². The first-order valence-corrected chi connectivity index (χ1v) is 8.86. The summed E-state index contributed by atoms with van der Waals surface area (Å²) in [5, 5.41) is 36.4. The van der Waals surface area contributed by atoms with E-state index < -0.39 is 11.9 Å². The van der Waals surface area contributed by atoms with Crippen LogP contribution in [0.1, 0.15) is 5.56 Å². The number of carboxylic acids is 2. The molecule has 9 nitrogen and oxygen atoms in total. The minimum atomic E-state index is -1.82. The van der Waals surface area contributed by atoms with Crippen LogP contribution in [0, 0.1) is 0 Å². The molecule has 9 heteroatoms. The number of aromatic hydroxyl groups is 2. The summed E-state index contributed by atoms with van der Waals surface area (Å²) in [5.41, 5.74) is 2.98. The van der Waals surface area contributed by atoms with Crippen LogP contribution in [0.2, 0.25) is 0 Å². The Morgan fingerprint density at radius 3 is 2.23 bits per heavy atom. The van der Waals surface area contributed by atoms with Gasteiger partial charge in [0.1, 0.15) is 0 Å². The third-order valence-electron chi connectivity index (χ3n) is 4.79. The molecule has 0 fully saturated rings. The highest BCUT2D eigenvalue weighted by atomic mass is 16.5. The van der Waals surface area contributed by atoms with Crippen LogP contribution in [0.5, 0.6) is 23.0 Å². The standard InChI is InChI=1S/C19H17NO4.C2H2O4/c1-23-18-4-3-11-7-15-13-9-17(22)16(21)8-12(13)5-6-20(15)10-14(11)19(18)24-2;3-1(4)2(5)6/h3-4,7-10,22H,5-6H2,1-2H3;(H,3,4)(H,5,6)/p+1. The summed E-state index contributed by atoms with van der Waals surface area (Å²) < 4.78 is 13.1. The predicted octanol–water partition coefficient (Wildman–Crippen LogP) is 1.93. The topological polar surface area (TPSA) is 137 Å². The van der Waals surface area contributed by atoms with Crippen molar-refractivity contribution in [3.05, 3.63) is 42.1 Å². The van der Waals surface area contributed by atoms with Crippen molar-refractivity contribution in [2.45, 2.75) is 13.0 Å². The minimum absolute atomic E-state index is 0.0746.